The number of aromatic hydroxyl groups is 1. The number of hydrogen-bond donors (Lipinski definition) is 3. The van der Waals surface area contributed by atoms with Crippen molar-refractivity contribution in [1.82, 2.24) is 5.32 Å². The van der Waals surface area contributed by atoms with Gasteiger partial charge in [-0.1, -0.05) is 25.6 Å². The summed E-state index contributed by atoms with van der Waals surface area (Å²) in [6.45, 7) is 1.98. The molecule has 1 aromatic carbocycles. The molecule has 1 rings (SSSR count). The quantitative estimate of drug-likeness (QED) is 0.690. The highest BCUT2D eigenvalue weighted by Gasteiger charge is 2.16. The lowest BCUT2D eigenvalue weighted by atomic mass is 10.1. The number of nitrogens with one attached hydrogen (secondary N) is 1. The number of amides is 1. The Labute approximate surface area is 117 Å². The summed E-state index contributed by atoms with van der Waals surface area (Å²) in [5.41, 5.74) is 5.90. The molecular formula is C13H18N2O3S. The van der Waals surface area contributed by atoms with Gasteiger partial charge in [-0.3, -0.25) is 4.79 Å². The van der Waals surface area contributed by atoms with Crippen molar-refractivity contribution in [3.05, 3.63) is 23.8 Å². The molecule has 0 aliphatic rings. The van der Waals surface area contributed by atoms with Crippen molar-refractivity contribution >= 4 is 23.1 Å². The molecule has 0 bridgehead atoms. The van der Waals surface area contributed by atoms with Crippen LogP contribution in [0.25, 0.3) is 0 Å². The van der Waals surface area contributed by atoms with Gasteiger partial charge >= 0.3 is 0 Å². The van der Waals surface area contributed by atoms with Crippen LogP contribution in [-0.2, 0) is 0 Å². The zero-order valence-electron chi connectivity index (χ0n) is 11.0. The molecule has 4 N–H and O–H groups in total. The standard InChI is InChI=1S/C13H18N2O3S/c1-3-4-9(12(14)19)15-13(17)8-5-6-11(18-2)10(16)7-8/h5-7,9,16H,3-4H2,1-2H3,(H2,14,19)(H,15,17). The van der Waals surface area contributed by atoms with Crippen LogP contribution in [0.5, 0.6) is 11.5 Å². The molecule has 1 atom stereocenters. The Morgan fingerprint density at radius 3 is 2.74 bits per heavy atom. The van der Waals surface area contributed by atoms with Crippen molar-refractivity contribution in [3.8, 4) is 11.5 Å². The second-order valence-corrected chi connectivity index (χ2v) is 4.58. The monoisotopic (exact) mass is 282 g/mol. The summed E-state index contributed by atoms with van der Waals surface area (Å²) < 4.78 is 4.92. The third-order valence-electron chi connectivity index (χ3n) is 2.67. The Hall–Kier alpha value is -1.82. The van der Waals surface area contributed by atoms with E-state index < -0.39 is 0 Å². The van der Waals surface area contributed by atoms with Crippen molar-refractivity contribution in [2.24, 2.45) is 5.73 Å². The third kappa shape index (κ3) is 4.10. The number of thiocarbonyl (C=S) groups is 1. The first-order chi connectivity index (χ1) is 8.99. The second kappa shape index (κ2) is 6.94. The molecule has 0 saturated carbocycles. The lowest BCUT2D eigenvalue weighted by Gasteiger charge is -2.16. The normalized spacial score (nSPS) is 11.7. The second-order valence-electron chi connectivity index (χ2n) is 4.10. The van der Waals surface area contributed by atoms with Crippen molar-refractivity contribution in [3.63, 3.8) is 0 Å². The largest absolute Gasteiger partial charge is 0.504 e. The number of carbonyl (C=O) groups excluding carboxylic acids is 1. The Morgan fingerprint density at radius 2 is 2.26 bits per heavy atom. The first-order valence-corrected chi connectivity index (χ1v) is 6.37. The highest BCUT2D eigenvalue weighted by molar-refractivity contribution is 7.80. The molecule has 1 amide bonds. The Morgan fingerprint density at radius 1 is 1.58 bits per heavy atom. The Balaban J connectivity index is 2.82. The van der Waals surface area contributed by atoms with E-state index in [9.17, 15) is 9.90 Å². The Bertz CT molecular complexity index is 477. The van der Waals surface area contributed by atoms with Gasteiger partial charge in [0.2, 0.25) is 0 Å². The first kappa shape index (κ1) is 15.2. The molecule has 19 heavy (non-hydrogen) atoms. The molecule has 0 aromatic heterocycles. The van der Waals surface area contributed by atoms with E-state index in [0.29, 0.717) is 17.7 Å². The summed E-state index contributed by atoms with van der Waals surface area (Å²) in [7, 11) is 1.44. The number of carbonyl (C=O) groups is 1. The predicted molar refractivity (Wildman–Crippen MR) is 77.6 cm³/mol. The van der Waals surface area contributed by atoms with E-state index in [1.807, 2.05) is 6.92 Å². The number of benzene rings is 1. The van der Waals surface area contributed by atoms with Gasteiger partial charge in [-0.25, -0.2) is 0 Å². The lowest BCUT2D eigenvalue weighted by molar-refractivity contribution is 0.0945. The summed E-state index contributed by atoms with van der Waals surface area (Å²) in [6.07, 6.45) is 1.54. The maximum absolute atomic E-state index is 12.0. The van der Waals surface area contributed by atoms with Crippen LogP contribution in [-0.4, -0.2) is 29.2 Å². The summed E-state index contributed by atoms with van der Waals surface area (Å²) in [5, 5.41) is 12.4. The summed E-state index contributed by atoms with van der Waals surface area (Å²) in [4.78, 5) is 12.3. The molecule has 0 heterocycles. The minimum atomic E-state index is -0.336. The molecule has 0 fully saturated rings. The zero-order valence-corrected chi connectivity index (χ0v) is 11.8. The van der Waals surface area contributed by atoms with E-state index in [4.69, 9.17) is 22.7 Å². The number of phenolic OH excluding ortho intramolecular Hbond substituents is 1. The summed E-state index contributed by atoms with van der Waals surface area (Å²) in [6, 6.07) is 4.10. The van der Waals surface area contributed by atoms with Crippen LogP contribution in [0.4, 0.5) is 0 Å². The molecule has 6 heteroatoms. The fraction of sp³-hybridized carbons (Fsp3) is 0.385. The third-order valence-corrected chi connectivity index (χ3v) is 2.95. The maximum atomic E-state index is 12.0. The highest BCUT2D eigenvalue weighted by atomic mass is 32.1. The number of ether oxygens (including phenoxy) is 1. The molecule has 0 radical (unpaired) electrons. The average Bonchev–Trinajstić information content (AvgIpc) is 2.37. The fourth-order valence-electron chi connectivity index (χ4n) is 1.65. The molecular weight excluding hydrogens is 264 g/mol. The van der Waals surface area contributed by atoms with Gasteiger partial charge in [0, 0.05) is 5.56 Å². The van der Waals surface area contributed by atoms with Gasteiger partial charge < -0.3 is 20.9 Å². The van der Waals surface area contributed by atoms with Crippen LogP contribution in [0, 0.1) is 0 Å². The van der Waals surface area contributed by atoms with Crippen LogP contribution in [0.1, 0.15) is 30.1 Å². The van der Waals surface area contributed by atoms with Crippen LogP contribution < -0.4 is 15.8 Å². The topological polar surface area (TPSA) is 84.6 Å². The minimum Gasteiger partial charge on any atom is -0.504 e. The first-order valence-electron chi connectivity index (χ1n) is 5.96. The van der Waals surface area contributed by atoms with Gasteiger partial charge in [0.25, 0.3) is 5.91 Å². The zero-order chi connectivity index (χ0) is 14.4. The predicted octanol–water partition coefficient (Wildman–Crippen LogP) is 1.59. The van der Waals surface area contributed by atoms with Gasteiger partial charge in [0.1, 0.15) is 0 Å². The van der Waals surface area contributed by atoms with E-state index in [-0.39, 0.29) is 22.7 Å². The van der Waals surface area contributed by atoms with Gasteiger partial charge in [-0.15, -0.1) is 0 Å². The fourth-order valence-corrected chi connectivity index (χ4v) is 1.82. The lowest BCUT2D eigenvalue weighted by Crippen LogP contribution is -2.43. The van der Waals surface area contributed by atoms with Crippen LogP contribution in [0.3, 0.4) is 0 Å². The van der Waals surface area contributed by atoms with Gasteiger partial charge in [0.15, 0.2) is 11.5 Å². The SMILES string of the molecule is CCCC(NC(=O)c1ccc(OC)c(O)c1)C(N)=S. The molecule has 0 aliphatic carbocycles. The van der Waals surface area contributed by atoms with E-state index in [0.717, 1.165) is 6.42 Å². The minimum absolute atomic E-state index is 0.0856. The van der Waals surface area contributed by atoms with Crippen molar-refractivity contribution in [2.45, 2.75) is 25.8 Å². The van der Waals surface area contributed by atoms with Crippen molar-refractivity contribution in [1.29, 1.82) is 0 Å². The van der Waals surface area contributed by atoms with E-state index in [1.54, 1.807) is 6.07 Å². The van der Waals surface area contributed by atoms with Crippen LogP contribution in [0.15, 0.2) is 18.2 Å². The van der Waals surface area contributed by atoms with Crippen molar-refractivity contribution in [2.75, 3.05) is 7.11 Å². The number of rotatable bonds is 6. The van der Waals surface area contributed by atoms with Crippen LogP contribution in [0.2, 0.25) is 0 Å². The molecule has 0 spiro atoms. The van der Waals surface area contributed by atoms with Gasteiger partial charge in [-0.05, 0) is 24.6 Å². The average molecular weight is 282 g/mol. The molecule has 5 nitrogen and oxygen atoms in total. The molecule has 0 aliphatic heterocycles. The van der Waals surface area contributed by atoms with Gasteiger partial charge in [-0.2, -0.15) is 0 Å². The number of nitrogens with two attached hydrogens (primary N) is 1. The van der Waals surface area contributed by atoms with Gasteiger partial charge in [0.05, 0.1) is 18.1 Å². The number of methoxy groups -OCH3 is 1. The molecule has 0 saturated heterocycles. The molecule has 1 unspecified atom stereocenters. The number of phenols is 1. The molecule has 1 aromatic rings. The number of hydrogen-bond acceptors (Lipinski definition) is 4. The highest BCUT2D eigenvalue weighted by Crippen LogP contribution is 2.26. The summed E-state index contributed by atoms with van der Waals surface area (Å²) >= 11 is 4.91. The Kier molecular flexibility index (Phi) is 5.57. The van der Waals surface area contributed by atoms with E-state index in [2.05, 4.69) is 5.32 Å². The van der Waals surface area contributed by atoms with Crippen molar-refractivity contribution < 1.29 is 14.6 Å². The van der Waals surface area contributed by atoms with Crippen LogP contribution >= 0.6 is 12.2 Å². The van der Waals surface area contributed by atoms with E-state index in [1.165, 1.54) is 19.2 Å². The van der Waals surface area contributed by atoms with E-state index >= 15 is 0 Å². The maximum Gasteiger partial charge on any atom is 0.251 e. The molecule has 104 valence electrons. The summed E-state index contributed by atoms with van der Waals surface area (Å²) in [5.74, 6) is -0.0993. The smallest absolute Gasteiger partial charge is 0.251 e.